The summed E-state index contributed by atoms with van der Waals surface area (Å²) >= 11 is 0. The largest absolute Gasteiger partial charge is 0.329 e. The van der Waals surface area contributed by atoms with Crippen LogP contribution in [0.3, 0.4) is 0 Å². The van der Waals surface area contributed by atoms with E-state index in [1.807, 2.05) is 6.92 Å². The Hall–Kier alpha value is -3.14. The van der Waals surface area contributed by atoms with Crippen molar-refractivity contribution >= 4 is 11.3 Å². The topological polar surface area (TPSA) is 87.4 Å². The molecule has 0 atom stereocenters. The van der Waals surface area contributed by atoms with Crippen LogP contribution in [-0.4, -0.2) is 19.6 Å². The fourth-order valence-corrected chi connectivity index (χ4v) is 2.46. The van der Waals surface area contributed by atoms with Crippen LogP contribution in [0.15, 0.2) is 34.1 Å². The molecular formula is C15H13N5O2. The second-order valence-electron chi connectivity index (χ2n) is 4.86. The average Bonchev–Trinajstić information content (AvgIpc) is 2.91. The molecule has 0 amide bonds. The molecule has 0 spiro atoms. The van der Waals surface area contributed by atoms with Crippen molar-refractivity contribution in [1.29, 1.82) is 0 Å². The summed E-state index contributed by atoms with van der Waals surface area (Å²) in [7, 11) is 0. The first-order valence-corrected chi connectivity index (χ1v) is 6.81. The molecule has 0 aliphatic rings. The van der Waals surface area contributed by atoms with Gasteiger partial charge in [-0.1, -0.05) is 6.92 Å². The normalized spacial score (nSPS) is 10.7. The van der Waals surface area contributed by atoms with E-state index in [2.05, 4.69) is 19.9 Å². The van der Waals surface area contributed by atoms with Gasteiger partial charge in [0.05, 0.1) is 12.3 Å². The first-order valence-electron chi connectivity index (χ1n) is 6.81. The van der Waals surface area contributed by atoms with Crippen molar-refractivity contribution in [2.24, 2.45) is 0 Å². The lowest BCUT2D eigenvalue weighted by atomic mass is 10.1. The summed E-state index contributed by atoms with van der Waals surface area (Å²) in [6.07, 6.45) is 3.93. The van der Waals surface area contributed by atoms with Crippen molar-refractivity contribution in [2.75, 3.05) is 0 Å². The quantitative estimate of drug-likeness (QED) is 0.716. The highest BCUT2D eigenvalue weighted by molar-refractivity contribution is 5.67. The third kappa shape index (κ3) is 2.20. The highest BCUT2D eigenvalue weighted by atomic mass is 16.1. The van der Waals surface area contributed by atoms with Gasteiger partial charge in [-0.05, 0) is 18.1 Å². The van der Waals surface area contributed by atoms with Crippen molar-refractivity contribution in [3.8, 4) is 0 Å². The molecule has 7 nitrogen and oxygen atoms in total. The first-order chi connectivity index (χ1) is 10.6. The lowest BCUT2D eigenvalue weighted by molar-refractivity contribution is 0.841. The minimum absolute atomic E-state index is 0.197. The van der Waals surface area contributed by atoms with Gasteiger partial charge < -0.3 is 10.1 Å². The monoisotopic (exact) mass is 295 g/mol. The number of aromatic nitrogens is 4. The lowest BCUT2D eigenvalue weighted by Crippen LogP contribution is -2.22. The number of hydrogen-bond donors (Lipinski definition) is 2. The SMILES string of the molecule is [C-]#[N+]c1c[nH]n2c(=O)c(CC)c(Cc3cc[nH]c(=O)c3)nc12. The van der Waals surface area contributed by atoms with Gasteiger partial charge in [0.2, 0.25) is 11.2 Å². The predicted octanol–water partition coefficient (Wildman–Crippen LogP) is 1.41. The molecule has 0 aromatic carbocycles. The highest BCUT2D eigenvalue weighted by Gasteiger charge is 2.15. The Bertz CT molecular complexity index is 1000. The molecule has 3 aromatic rings. The lowest BCUT2D eigenvalue weighted by Gasteiger charge is -2.07. The third-order valence-electron chi connectivity index (χ3n) is 3.51. The second kappa shape index (κ2) is 5.33. The number of aromatic amines is 2. The molecule has 0 saturated carbocycles. The van der Waals surface area contributed by atoms with Crippen LogP contribution < -0.4 is 11.1 Å². The Morgan fingerprint density at radius 1 is 1.41 bits per heavy atom. The van der Waals surface area contributed by atoms with E-state index in [4.69, 9.17) is 6.57 Å². The molecule has 0 saturated heterocycles. The zero-order valence-corrected chi connectivity index (χ0v) is 11.9. The summed E-state index contributed by atoms with van der Waals surface area (Å²) in [4.78, 5) is 34.3. The molecule has 0 radical (unpaired) electrons. The summed E-state index contributed by atoms with van der Waals surface area (Å²) in [5.41, 5.74) is 2.16. The van der Waals surface area contributed by atoms with Crippen LogP contribution in [0.25, 0.3) is 10.5 Å². The first kappa shape index (κ1) is 13.8. The Labute approximate surface area is 125 Å². The minimum atomic E-state index is -0.206. The van der Waals surface area contributed by atoms with Crippen molar-refractivity contribution < 1.29 is 0 Å². The fourth-order valence-electron chi connectivity index (χ4n) is 2.46. The maximum atomic E-state index is 12.5. The summed E-state index contributed by atoms with van der Waals surface area (Å²) in [6, 6.07) is 3.26. The highest BCUT2D eigenvalue weighted by Crippen LogP contribution is 2.19. The molecule has 0 aliphatic carbocycles. The van der Waals surface area contributed by atoms with Crippen molar-refractivity contribution in [1.82, 2.24) is 19.6 Å². The van der Waals surface area contributed by atoms with Crippen LogP contribution in [0.2, 0.25) is 0 Å². The number of rotatable bonds is 3. The Morgan fingerprint density at radius 2 is 2.23 bits per heavy atom. The molecule has 0 unspecified atom stereocenters. The maximum Gasteiger partial charge on any atom is 0.274 e. The van der Waals surface area contributed by atoms with E-state index < -0.39 is 0 Å². The summed E-state index contributed by atoms with van der Waals surface area (Å²) in [5.74, 6) is 0. The van der Waals surface area contributed by atoms with Crippen LogP contribution in [0.1, 0.15) is 23.7 Å². The van der Waals surface area contributed by atoms with Gasteiger partial charge in [0.1, 0.15) is 0 Å². The van der Waals surface area contributed by atoms with Gasteiger partial charge in [-0.3, -0.25) is 9.59 Å². The fraction of sp³-hybridized carbons (Fsp3) is 0.200. The molecule has 7 heteroatoms. The Morgan fingerprint density at radius 3 is 2.91 bits per heavy atom. The zero-order chi connectivity index (χ0) is 15.7. The minimum Gasteiger partial charge on any atom is -0.329 e. The molecular weight excluding hydrogens is 282 g/mol. The van der Waals surface area contributed by atoms with Gasteiger partial charge in [0.25, 0.3) is 5.56 Å². The maximum absolute atomic E-state index is 12.5. The van der Waals surface area contributed by atoms with E-state index >= 15 is 0 Å². The van der Waals surface area contributed by atoms with Gasteiger partial charge >= 0.3 is 0 Å². The molecule has 0 fully saturated rings. The van der Waals surface area contributed by atoms with Gasteiger partial charge in [-0.2, -0.15) is 0 Å². The summed E-state index contributed by atoms with van der Waals surface area (Å²) in [6.45, 7) is 9.02. The molecule has 3 rings (SSSR count). The van der Waals surface area contributed by atoms with E-state index in [0.717, 1.165) is 5.56 Å². The number of nitrogens with zero attached hydrogens (tertiary/aromatic N) is 3. The van der Waals surface area contributed by atoms with E-state index in [1.165, 1.54) is 16.8 Å². The van der Waals surface area contributed by atoms with Crippen LogP contribution in [0.5, 0.6) is 0 Å². The molecule has 110 valence electrons. The number of pyridine rings is 1. The number of H-pyrrole nitrogens is 2. The third-order valence-corrected chi connectivity index (χ3v) is 3.51. The molecule has 22 heavy (non-hydrogen) atoms. The second-order valence-corrected chi connectivity index (χ2v) is 4.86. The number of fused-ring (bicyclic) bond motifs is 1. The summed E-state index contributed by atoms with van der Waals surface area (Å²) in [5, 5.41) is 2.76. The average molecular weight is 295 g/mol. The van der Waals surface area contributed by atoms with Crippen molar-refractivity contribution in [3.63, 3.8) is 0 Å². The number of hydrogen-bond acceptors (Lipinski definition) is 3. The van der Waals surface area contributed by atoms with E-state index in [-0.39, 0.29) is 11.1 Å². The van der Waals surface area contributed by atoms with Gasteiger partial charge in [-0.15, -0.1) is 0 Å². The summed E-state index contributed by atoms with van der Waals surface area (Å²) < 4.78 is 1.29. The van der Waals surface area contributed by atoms with Crippen molar-refractivity contribution in [3.05, 3.63) is 73.5 Å². The van der Waals surface area contributed by atoms with E-state index in [0.29, 0.717) is 35.4 Å². The van der Waals surface area contributed by atoms with Crippen LogP contribution in [0, 0.1) is 6.57 Å². The van der Waals surface area contributed by atoms with Gasteiger partial charge in [0.15, 0.2) is 5.65 Å². The van der Waals surface area contributed by atoms with Crippen LogP contribution in [-0.2, 0) is 12.8 Å². The zero-order valence-electron chi connectivity index (χ0n) is 11.9. The molecule has 3 aromatic heterocycles. The number of nitrogens with one attached hydrogen (secondary N) is 2. The van der Waals surface area contributed by atoms with Crippen LogP contribution >= 0.6 is 0 Å². The molecule has 0 aliphatic heterocycles. The molecule has 0 bridgehead atoms. The Kier molecular flexibility index (Phi) is 3.35. The smallest absolute Gasteiger partial charge is 0.274 e. The Balaban J connectivity index is 2.21. The predicted molar refractivity (Wildman–Crippen MR) is 81.3 cm³/mol. The van der Waals surface area contributed by atoms with Gasteiger partial charge in [-0.25, -0.2) is 14.3 Å². The van der Waals surface area contributed by atoms with Crippen LogP contribution in [0.4, 0.5) is 5.69 Å². The standard InChI is InChI=1S/C15H13N5O2/c1-3-10-11(6-9-4-5-17-13(21)7-9)19-14-12(16-2)8-18-20(14)15(10)22/h4-5,7-8,18H,3,6H2,1H3,(H,17,21). The van der Waals surface area contributed by atoms with Crippen molar-refractivity contribution in [2.45, 2.75) is 19.8 Å². The molecule has 3 heterocycles. The molecule has 2 N–H and O–H groups in total. The van der Waals surface area contributed by atoms with E-state index in [1.54, 1.807) is 12.3 Å². The van der Waals surface area contributed by atoms with E-state index in [9.17, 15) is 9.59 Å². The van der Waals surface area contributed by atoms with Gasteiger partial charge in [0, 0.05) is 30.4 Å².